The molecule has 1 saturated carbocycles. The summed E-state index contributed by atoms with van der Waals surface area (Å²) in [4.78, 5) is 67.3. The summed E-state index contributed by atoms with van der Waals surface area (Å²) in [5.74, 6) is -1.96. The van der Waals surface area contributed by atoms with E-state index in [9.17, 15) is 37.1 Å². The average Bonchev–Trinajstić information content (AvgIpc) is 3.65. The minimum atomic E-state index is -4.68. The van der Waals surface area contributed by atoms with Crippen molar-refractivity contribution in [3.05, 3.63) is 107 Å². The van der Waals surface area contributed by atoms with Gasteiger partial charge >= 0.3 is 12.2 Å². The number of hydrogen-bond acceptors (Lipinski definition) is 10. The molecule has 18 heteroatoms. The molecule has 7 rings (SSSR count). The van der Waals surface area contributed by atoms with Gasteiger partial charge in [-0.1, -0.05) is 24.3 Å². The molecule has 1 aliphatic carbocycles. The van der Waals surface area contributed by atoms with E-state index in [1.54, 1.807) is 36.4 Å². The molecule has 0 bridgehead atoms. The van der Waals surface area contributed by atoms with Crippen LogP contribution in [0.2, 0.25) is 0 Å². The second kappa shape index (κ2) is 17.6. The van der Waals surface area contributed by atoms with E-state index < -0.39 is 35.4 Å². The fraction of sp³-hybridized carbons (Fsp3) is 0.310. The Bertz CT molecular complexity index is 2450. The van der Waals surface area contributed by atoms with Crippen molar-refractivity contribution in [3.8, 4) is 17.2 Å². The van der Waals surface area contributed by atoms with Gasteiger partial charge in [0.2, 0.25) is 0 Å². The van der Waals surface area contributed by atoms with Crippen LogP contribution in [0.3, 0.4) is 0 Å². The van der Waals surface area contributed by atoms with Gasteiger partial charge in [0.1, 0.15) is 28.6 Å². The predicted molar refractivity (Wildman–Crippen MR) is 212 cm³/mol. The van der Waals surface area contributed by atoms with Crippen molar-refractivity contribution in [3.63, 3.8) is 0 Å². The molecule has 0 unspecified atom stereocenters. The summed E-state index contributed by atoms with van der Waals surface area (Å²) >= 11 is 0. The number of Topliss-reactive ketones (excluding diaryl/α,β-unsaturated/α-hetero) is 1. The molecule has 0 atom stereocenters. The molecule has 3 heterocycles. The molecule has 3 aromatic carbocycles. The second-order valence-electron chi connectivity index (χ2n) is 14.7. The monoisotopic (exact) mass is 826 g/mol. The van der Waals surface area contributed by atoms with Crippen LogP contribution in [0.25, 0.3) is 10.9 Å². The molecule has 0 radical (unpaired) electrons. The Morgan fingerprint density at radius 2 is 1.68 bits per heavy atom. The SMILES string of the molecule is COc1cc2nn(C3CCC(CN(C)CCNC(=O)NCc4ccc(Oc5cccc6c5C(=O)NC(=O)C6=O)cc4)CC3)cc2cc1NC(=O)c1cccc(C(F)(F)F)n1. The van der Waals surface area contributed by atoms with Gasteiger partial charge < -0.3 is 30.3 Å². The van der Waals surface area contributed by atoms with Gasteiger partial charge in [-0.05, 0) is 86.7 Å². The van der Waals surface area contributed by atoms with Crippen LogP contribution < -0.4 is 30.7 Å². The van der Waals surface area contributed by atoms with Gasteiger partial charge in [0.15, 0.2) is 0 Å². The number of fused-ring (bicyclic) bond motifs is 2. The highest BCUT2D eigenvalue weighted by Crippen LogP contribution is 2.36. The van der Waals surface area contributed by atoms with E-state index >= 15 is 0 Å². The summed E-state index contributed by atoms with van der Waals surface area (Å²) in [5.41, 5.74) is 0.203. The molecule has 5 amide bonds. The molecule has 2 aliphatic rings. The number of aromatic nitrogens is 3. The first-order chi connectivity index (χ1) is 28.7. The molecule has 0 saturated heterocycles. The lowest BCUT2D eigenvalue weighted by atomic mass is 9.86. The number of nitrogens with zero attached hydrogens (tertiary/aromatic N) is 4. The lowest BCUT2D eigenvalue weighted by Crippen LogP contribution is -2.42. The number of amides is 5. The molecule has 312 valence electrons. The Morgan fingerprint density at radius 1 is 0.933 bits per heavy atom. The number of halogens is 3. The number of carbonyl (C=O) groups excluding carboxylic acids is 5. The van der Waals surface area contributed by atoms with Crippen molar-refractivity contribution in [1.29, 1.82) is 0 Å². The quantitative estimate of drug-likeness (QED) is 0.0797. The first-order valence-electron chi connectivity index (χ1n) is 19.2. The molecule has 4 N–H and O–H groups in total. The van der Waals surface area contributed by atoms with E-state index in [2.05, 4.69) is 25.8 Å². The lowest BCUT2D eigenvalue weighted by Gasteiger charge is -2.31. The molecular weight excluding hydrogens is 786 g/mol. The van der Waals surface area contributed by atoms with Crippen LogP contribution in [0.15, 0.2) is 79.0 Å². The third kappa shape index (κ3) is 9.55. The summed E-state index contributed by atoms with van der Waals surface area (Å²) in [6, 6.07) is 17.7. The van der Waals surface area contributed by atoms with E-state index in [-0.39, 0.29) is 46.9 Å². The number of anilines is 1. The van der Waals surface area contributed by atoms with Crippen LogP contribution in [0.4, 0.5) is 23.7 Å². The summed E-state index contributed by atoms with van der Waals surface area (Å²) in [5, 5.41) is 15.9. The smallest absolute Gasteiger partial charge is 0.433 e. The maximum absolute atomic E-state index is 13.1. The fourth-order valence-corrected chi connectivity index (χ4v) is 7.35. The van der Waals surface area contributed by atoms with Crippen LogP contribution in [0, 0.1) is 5.92 Å². The van der Waals surface area contributed by atoms with E-state index in [0.29, 0.717) is 36.0 Å². The van der Waals surface area contributed by atoms with Crippen molar-refractivity contribution in [1.82, 2.24) is 35.6 Å². The van der Waals surface area contributed by atoms with Gasteiger partial charge in [0.05, 0.1) is 29.9 Å². The summed E-state index contributed by atoms with van der Waals surface area (Å²) < 4.78 is 52.7. The van der Waals surface area contributed by atoms with Gasteiger partial charge in [0, 0.05) is 49.4 Å². The van der Waals surface area contributed by atoms with Crippen molar-refractivity contribution >= 4 is 46.1 Å². The number of pyridine rings is 1. The molecule has 5 aromatic rings. The molecule has 2 aromatic heterocycles. The van der Waals surface area contributed by atoms with E-state index in [1.165, 1.54) is 31.4 Å². The molecule has 1 aliphatic heterocycles. The van der Waals surface area contributed by atoms with Gasteiger partial charge in [-0.2, -0.15) is 18.3 Å². The van der Waals surface area contributed by atoms with Crippen LogP contribution in [-0.2, 0) is 17.5 Å². The summed E-state index contributed by atoms with van der Waals surface area (Å²) in [7, 11) is 3.46. The van der Waals surface area contributed by atoms with Crippen molar-refractivity contribution < 1.29 is 46.6 Å². The highest BCUT2D eigenvalue weighted by atomic mass is 19.4. The molecule has 60 heavy (non-hydrogen) atoms. The zero-order valence-corrected chi connectivity index (χ0v) is 32.6. The number of ether oxygens (including phenoxy) is 2. The van der Waals surface area contributed by atoms with Crippen LogP contribution in [0.1, 0.15) is 74.2 Å². The van der Waals surface area contributed by atoms with Gasteiger partial charge in [-0.15, -0.1) is 0 Å². The number of methoxy groups -OCH3 is 1. The Morgan fingerprint density at radius 3 is 2.42 bits per heavy atom. The Kier molecular flexibility index (Phi) is 12.1. The predicted octanol–water partition coefficient (Wildman–Crippen LogP) is 6.12. The first kappa shape index (κ1) is 41.3. The van der Waals surface area contributed by atoms with Crippen molar-refractivity contribution in [2.45, 2.75) is 44.4 Å². The number of hydrogen-bond donors (Lipinski definition) is 4. The van der Waals surface area contributed by atoms with Crippen molar-refractivity contribution in [2.75, 3.05) is 39.1 Å². The third-order valence-electron chi connectivity index (χ3n) is 10.4. The third-order valence-corrected chi connectivity index (χ3v) is 10.4. The molecule has 0 spiro atoms. The number of nitrogens with one attached hydrogen (secondary N) is 4. The Hall–Kier alpha value is -6.82. The topological polar surface area (TPSA) is 186 Å². The number of imide groups is 1. The highest BCUT2D eigenvalue weighted by molar-refractivity contribution is 6.49. The first-order valence-corrected chi connectivity index (χ1v) is 19.2. The number of ketones is 1. The van der Waals surface area contributed by atoms with Crippen LogP contribution in [-0.4, -0.2) is 83.0 Å². The normalized spacial score (nSPS) is 16.6. The maximum atomic E-state index is 13.1. The van der Waals surface area contributed by atoms with E-state index in [0.717, 1.165) is 55.3 Å². The summed E-state index contributed by atoms with van der Waals surface area (Å²) in [6.07, 6.45) is 1.02. The molecule has 15 nitrogen and oxygen atoms in total. The van der Waals surface area contributed by atoms with E-state index in [1.807, 2.05) is 23.2 Å². The number of urea groups is 1. The van der Waals surface area contributed by atoms with Crippen molar-refractivity contribution in [2.24, 2.45) is 5.92 Å². The molecular formula is C42H41F3N8O7. The minimum absolute atomic E-state index is 0.00367. The number of rotatable bonds is 13. The Balaban J connectivity index is 0.828. The summed E-state index contributed by atoms with van der Waals surface area (Å²) in [6.45, 7) is 2.26. The van der Waals surface area contributed by atoms with Gasteiger partial charge in [-0.25, -0.2) is 9.78 Å². The van der Waals surface area contributed by atoms with Crippen LogP contribution >= 0.6 is 0 Å². The number of carbonyl (C=O) groups is 5. The van der Waals surface area contributed by atoms with Crippen LogP contribution in [0.5, 0.6) is 17.2 Å². The minimum Gasteiger partial charge on any atom is -0.494 e. The molecule has 1 fully saturated rings. The standard InChI is InChI=1S/C42H41F3N8O7/c1-52(18-17-46-41(58)47-21-24-11-15-28(16-12-24)60-33-7-3-5-29-36(33)39(56)50-40(57)37(29)54)22-25-9-13-27(14-10-25)53-23-26-19-32(34(59-2)20-31(26)51-53)49-38(55)30-6-4-8-35(48-30)42(43,44)45/h3-8,11-12,15-16,19-20,23,25,27H,9-10,13-14,17-18,21-22H2,1-2H3,(H,49,55)(H2,46,47,58)(H,50,56,57). The number of alkyl halides is 3. The fourth-order valence-electron chi connectivity index (χ4n) is 7.35. The number of benzene rings is 3. The number of likely N-dealkylation sites (N-methyl/N-ethyl adjacent to an activating group) is 1. The second-order valence-corrected chi connectivity index (χ2v) is 14.7. The van der Waals surface area contributed by atoms with E-state index in [4.69, 9.17) is 14.6 Å². The largest absolute Gasteiger partial charge is 0.494 e. The van der Waals surface area contributed by atoms with Gasteiger partial charge in [-0.3, -0.25) is 29.2 Å². The Labute approximate surface area is 341 Å². The highest BCUT2D eigenvalue weighted by Gasteiger charge is 2.34. The zero-order valence-electron chi connectivity index (χ0n) is 32.6. The average molecular weight is 827 g/mol. The lowest BCUT2D eigenvalue weighted by molar-refractivity contribution is -0.141. The zero-order chi connectivity index (χ0) is 42.6. The van der Waals surface area contributed by atoms with Gasteiger partial charge in [0.25, 0.3) is 23.5 Å². The maximum Gasteiger partial charge on any atom is 0.433 e.